The van der Waals surface area contributed by atoms with E-state index in [0.717, 1.165) is 11.1 Å². The fourth-order valence-electron chi connectivity index (χ4n) is 4.99. The number of aryl methyl sites for hydroxylation is 2. The minimum absolute atomic E-state index is 0.0408. The summed E-state index contributed by atoms with van der Waals surface area (Å²) in [4.78, 5) is 56.3. The quantitative estimate of drug-likeness (QED) is 0.0557. The minimum atomic E-state index is -1.24. The molecule has 2 rings (SSSR count). The van der Waals surface area contributed by atoms with Crippen LogP contribution in [-0.4, -0.2) is 77.1 Å². The van der Waals surface area contributed by atoms with Gasteiger partial charge in [-0.2, -0.15) is 0 Å². The van der Waals surface area contributed by atoms with Crippen molar-refractivity contribution in [2.24, 2.45) is 27.9 Å². The number of aromatic hydroxyl groups is 1. The molecule has 0 saturated carbocycles. The van der Waals surface area contributed by atoms with Crippen molar-refractivity contribution in [3.05, 3.63) is 64.7 Å². The monoisotopic (exact) mass is 640 g/mol. The van der Waals surface area contributed by atoms with Crippen LogP contribution < -0.4 is 38.9 Å². The molecule has 14 nitrogen and oxygen atoms in total. The average Bonchev–Trinajstić information content (AvgIpc) is 2.99. The Balaban J connectivity index is 2.30. The fourth-order valence-corrected chi connectivity index (χ4v) is 4.99. The number of hydrogen-bond acceptors (Lipinski definition) is 8. The molecule has 0 saturated heterocycles. The number of phenols is 1. The number of carbonyl (C=O) groups is 4. The van der Waals surface area contributed by atoms with E-state index in [0.29, 0.717) is 36.9 Å². The number of unbranched alkanes of at least 4 members (excludes halogenated alkanes) is 1. The van der Waals surface area contributed by atoms with Crippen molar-refractivity contribution in [2.75, 3.05) is 13.1 Å². The SMILES string of the molecule is Cc1cc(O)cc(C)c1CC(NC(=O)[C@H](N)CCCN=C(N)N)C(=O)NC(CCCCN)C(=O)NC(Cc1ccccc1)C(=O)O. The molecular formula is C32H48N8O6. The number of rotatable bonds is 19. The van der Waals surface area contributed by atoms with E-state index in [1.807, 2.05) is 0 Å². The zero-order valence-electron chi connectivity index (χ0n) is 26.5. The molecule has 2 aromatic rings. The lowest BCUT2D eigenvalue weighted by molar-refractivity contribution is -0.142. The molecule has 0 spiro atoms. The van der Waals surface area contributed by atoms with Gasteiger partial charge in [0.05, 0.1) is 6.04 Å². The zero-order chi connectivity index (χ0) is 34.2. The first-order valence-electron chi connectivity index (χ1n) is 15.3. The highest BCUT2D eigenvalue weighted by Gasteiger charge is 2.31. The summed E-state index contributed by atoms with van der Waals surface area (Å²) >= 11 is 0. The molecule has 0 heterocycles. The molecule has 252 valence electrons. The predicted molar refractivity (Wildman–Crippen MR) is 176 cm³/mol. The van der Waals surface area contributed by atoms with Gasteiger partial charge in [0.1, 0.15) is 23.9 Å². The highest BCUT2D eigenvalue weighted by Crippen LogP contribution is 2.22. The summed E-state index contributed by atoms with van der Waals surface area (Å²) < 4.78 is 0. The highest BCUT2D eigenvalue weighted by atomic mass is 16.4. The summed E-state index contributed by atoms with van der Waals surface area (Å²) in [5.74, 6) is -3.15. The smallest absolute Gasteiger partial charge is 0.326 e. The number of aliphatic imine (C=N–C) groups is 1. The summed E-state index contributed by atoms with van der Waals surface area (Å²) in [6, 6.07) is 7.51. The second kappa shape index (κ2) is 19.0. The van der Waals surface area contributed by atoms with Crippen LogP contribution in [0.4, 0.5) is 0 Å². The van der Waals surface area contributed by atoms with Crippen molar-refractivity contribution in [1.29, 1.82) is 0 Å². The Morgan fingerprint density at radius 3 is 1.98 bits per heavy atom. The summed E-state index contributed by atoms with van der Waals surface area (Å²) in [7, 11) is 0. The Morgan fingerprint density at radius 2 is 1.39 bits per heavy atom. The Hall–Kier alpha value is -4.69. The van der Waals surface area contributed by atoms with Gasteiger partial charge in [-0.3, -0.25) is 19.4 Å². The van der Waals surface area contributed by atoms with Gasteiger partial charge < -0.3 is 49.1 Å². The van der Waals surface area contributed by atoms with Crippen LogP contribution in [-0.2, 0) is 32.0 Å². The van der Waals surface area contributed by atoms with Crippen LogP contribution in [0.15, 0.2) is 47.5 Å². The Morgan fingerprint density at radius 1 is 0.804 bits per heavy atom. The largest absolute Gasteiger partial charge is 0.508 e. The number of guanidine groups is 1. The first-order valence-corrected chi connectivity index (χ1v) is 15.3. The van der Waals surface area contributed by atoms with Gasteiger partial charge in [0.25, 0.3) is 0 Å². The topological polar surface area (TPSA) is 261 Å². The van der Waals surface area contributed by atoms with Gasteiger partial charge in [0.15, 0.2) is 5.96 Å². The van der Waals surface area contributed by atoms with Crippen molar-refractivity contribution in [2.45, 2.75) is 83.0 Å². The van der Waals surface area contributed by atoms with E-state index in [-0.39, 0.29) is 43.9 Å². The number of hydrogen-bond donors (Lipinski definition) is 9. The first-order chi connectivity index (χ1) is 21.8. The van der Waals surface area contributed by atoms with Crippen LogP contribution in [0.5, 0.6) is 5.75 Å². The molecule has 2 aromatic carbocycles. The molecule has 4 atom stereocenters. The van der Waals surface area contributed by atoms with Gasteiger partial charge in [0.2, 0.25) is 17.7 Å². The maximum absolute atomic E-state index is 13.8. The molecule has 0 fully saturated rings. The van der Waals surface area contributed by atoms with Gasteiger partial charge in [-0.05, 0) is 86.9 Å². The number of carboxylic acid groups (broad SMARTS) is 1. The molecule has 0 aliphatic heterocycles. The fraction of sp³-hybridized carbons (Fsp3) is 0.469. The maximum atomic E-state index is 13.8. The summed E-state index contributed by atoms with van der Waals surface area (Å²) in [5.41, 5.74) is 25.3. The van der Waals surface area contributed by atoms with Crippen LogP contribution >= 0.6 is 0 Å². The number of phenolic OH excluding ortho intramolecular Hbond substituents is 1. The lowest BCUT2D eigenvalue weighted by atomic mass is 9.95. The van der Waals surface area contributed by atoms with Gasteiger partial charge >= 0.3 is 5.97 Å². The lowest BCUT2D eigenvalue weighted by Gasteiger charge is -2.26. The molecule has 0 aromatic heterocycles. The van der Waals surface area contributed by atoms with Gasteiger partial charge in [-0.15, -0.1) is 0 Å². The second-order valence-corrected chi connectivity index (χ2v) is 11.3. The zero-order valence-corrected chi connectivity index (χ0v) is 26.5. The number of benzene rings is 2. The molecule has 0 aliphatic carbocycles. The van der Waals surface area contributed by atoms with Gasteiger partial charge in [-0.1, -0.05) is 30.3 Å². The summed E-state index contributed by atoms with van der Waals surface area (Å²) in [6.45, 7) is 4.19. The van der Waals surface area contributed by atoms with Gasteiger partial charge in [-0.25, -0.2) is 4.79 Å². The van der Waals surface area contributed by atoms with Crippen molar-refractivity contribution in [1.82, 2.24) is 16.0 Å². The normalized spacial score (nSPS) is 13.5. The van der Waals surface area contributed by atoms with Crippen molar-refractivity contribution < 1.29 is 29.4 Å². The number of carbonyl (C=O) groups excluding carboxylic acids is 3. The van der Waals surface area contributed by atoms with E-state index in [1.54, 1.807) is 56.3 Å². The molecule has 3 unspecified atom stereocenters. The number of amides is 3. The molecular weight excluding hydrogens is 592 g/mol. The Bertz CT molecular complexity index is 1330. The average molecular weight is 641 g/mol. The van der Waals surface area contributed by atoms with E-state index in [9.17, 15) is 29.4 Å². The lowest BCUT2D eigenvalue weighted by Crippen LogP contribution is -2.57. The third-order valence-electron chi connectivity index (χ3n) is 7.50. The van der Waals surface area contributed by atoms with E-state index in [2.05, 4.69) is 20.9 Å². The van der Waals surface area contributed by atoms with Crippen molar-refractivity contribution in [3.63, 3.8) is 0 Å². The predicted octanol–water partition coefficient (Wildman–Crippen LogP) is -0.157. The van der Waals surface area contributed by atoms with Crippen molar-refractivity contribution >= 4 is 29.7 Å². The number of nitrogens with zero attached hydrogens (tertiary/aromatic N) is 1. The molecule has 0 radical (unpaired) electrons. The van der Waals surface area contributed by atoms with E-state index >= 15 is 0 Å². The first kappa shape index (κ1) is 37.5. The van der Waals surface area contributed by atoms with Gasteiger partial charge in [0, 0.05) is 19.4 Å². The standard InChI is InChI=1S/C32H48N8O6/c1-19-15-22(41)16-20(2)23(19)18-26(39-28(42)24(34)11-8-14-37-32(35)36)30(44)38-25(12-6-7-13-33)29(43)40-27(31(45)46)17-21-9-4-3-5-10-21/h3-5,9-10,15-16,24-27,41H,6-8,11-14,17-18,33-34H2,1-2H3,(H,38,44)(H,39,42)(H,40,43)(H,45,46)(H4,35,36,37)/t24-,25?,26?,27?/m1/s1. The van der Waals surface area contributed by atoms with E-state index in [4.69, 9.17) is 22.9 Å². The van der Waals surface area contributed by atoms with Crippen LogP contribution in [0.1, 0.15) is 54.4 Å². The van der Waals surface area contributed by atoms with Crippen LogP contribution in [0, 0.1) is 13.8 Å². The third kappa shape index (κ3) is 12.7. The van der Waals surface area contributed by atoms with Crippen molar-refractivity contribution in [3.8, 4) is 5.75 Å². The molecule has 0 bridgehead atoms. The minimum Gasteiger partial charge on any atom is -0.508 e. The van der Waals surface area contributed by atoms with Crippen LogP contribution in [0.3, 0.4) is 0 Å². The maximum Gasteiger partial charge on any atom is 0.326 e. The van der Waals surface area contributed by atoms with Crippen LogP contribution in [0.2, 0.25) is 0 Å². The summed E-state index contributed by atoms with van der Waals surface area (Å²) in [6.07, 6.45) is 2.01. The molecule has 46 heavy (non-hydrogen) atoms. The highest BCUT2D eigenvalue weighted by molar-refractivity contribution is 5.94. The number of carboxylic acids is 1. The Kier molecular flexibility index (Phi) is 15.5. The second-order valence-electron chi connectivity index (χ2n) is 11.3. The number of nitrogens with one attached hydrogen (secondary N) is 3. The summed E-state index contributed by atoms with van der Waals surface area (Å²) in [5, 5.41) is 27.8. The molecule has 14 heteroatoms. The van der Waals surface area contributed by atoms with E-state index < -0.39 is 47.9 Å². The number of aliphatic carboxylic acids is 1. The molecule has 3 amide bonds. The number of nitrogens with two attached hydrogens (primary N) is 4. The molecule has 13 N–H and O–H groups in total. The molecule has 0 aliphatic rings. The Labute approximate surface area is 269 Å². The van der Waals surface area contributed by atoms with Crippen LogP contribution in [0.25, 0.3) is 0 Å². The third-order valence-corrected chi connectivity index (χ3v) is 7.50. The van der Waals surface area contributed by atoms with E-state index in [1.165, 1.54) is 0 Å².